The second-order valence-electron chi connectivity index (χ2n) is 11.7. The van der Waals surface area contributed by atoms with Gasteiger partial charge in [-0.05, 0) is 103 Å². The van der Waals surface area contributed by atoms with Crippen LogP contribution in [0.5, 0.6) is 0 Å². The quantitative estimate of drug-likeness (QED) is 0.341. The van der Waals surface area contributed by atoms with Crippen LogP contribution in [0.4, 0.5) is 0 Å². The number of ether oxygens (including phenoxy) is 1. The molecule has 2 atom stereocenters. The van der Waals surface area contributed by atoms with E-state index in [1.807, 2.05) is 34.6 Å². The molecule has 0 radical (unpaired) electrons. The molecule has 2 saturated carbocycles. The topological polar surface area (TPSA) is 38.3 Å². The summed E-state index contributed by atoms with van der Waals surface area (Å²) in [6.07, 6.45) is 12.0. The molecule has 0 spiro atoms. The van der Waals surface area contributed by atoms with E-state index in [1.165, 1.54) is 37.7 Å². The van der Waals surface area contributed by atoms with Gasteiger partial charge >= 0.3 is 5.97 Å². The first-order valence-electron chi connectivity index (χ1n) is 12.8. The summed E-state index contributed by atoms with van der Waals surface area (Å²) < 4.78 is 5.63. The average Bonchev–Trinajstić information content (AvgIpc) is 3.50. The second kappa shape index (κ2) is 13.3. The summed E-state index contributed by atoms with van der Waals surface area (Å²) in [5.74, 6) is 1.40. The first kappa shape index (κ1) is 31.0. The van der Waals surface area contributed by atoms with Crippen molar-refractivity contribution in [2.75, 3.05) is 0 Å². The lowest BCUT2D eigenvalue weighted by molar-refractivity contribution is -0.166. The Morgan fingerprint density at radius 2 is 1.65 bits per heavy atom. The summed E-state index contributed by atoms with van der Waals surface area (Å²) in [4.78, 5) is 12.5. The maximum Gasteiger partial charge on any atom is 0.312 e. The molecule has 0 saturated heterocycles. The van der Waals surface area contributed by atoms with Gasteiger partial charge in [0, 0.05) is 12.1 Å². The van der Waals surface area contributed by atoms with Gasteiger partial charge in [-0.1, -0.05) is 48.9 Å². The Labute approximate surface area is 220 Å². The zero-order chi connectivity index (χ0) is 23.4. The summed E-state index contributed by atoms with van der Waals surface area (Å²) in [5, 5.41) is 3.97. The molecule has 3 nitrogen and oxygen atoms in total. The highest BCUT2D eigenvalue weighted by Gasteiger charge is 2.40. The molecule has 2 aliphatic carbocycles. The van der Waals surface area contributed by atoms with Gasteiger partial charge in [0.15, 0.2) is 0 Å². The van der Waals surface area contributed by atoms with Crippen molar-refractivity contribution in [2.45, 2.75) is 111 Å². The first-order valence-corrected chi connectivity index (χ1v) is 12.8. The predicted octanol–water partition coefficient (Wildman–Crippen LogP) is 8.01. The van der Waals surface area contributed by atoms with Gasteiger partial charge in [-0.25, -0.2) is 0 Å². The van der Waals surface area contributed by atoms with Crippen LogP contribution < -0.4 is 5.32 Å². The molecular weight excluding hydrogens is 465 g/mol. The van der Waals surface area contributed by atoms with Gasteiger partial charge in [-0.15, -0.1) is 24.8 Å². The lowest BCUT2D eigenvalue weighted by atomic mass is 9.78. The number of halogens is 2. The van der Waals surface area contributed by atoms with Crippen molar-refractivity contribution in [3.8, 4) is 0 Å². The number of hydrogen-bond acceptors (Lipinski definition) is 3. The van der Waals surface area contributed by atoms with E-state index in [4.69, 9.17) is 4.74 Å². The minimum absolute atomic E-state index is 0. The number of carbonyl (C=O) groups is 1. The monoisotopic (exact) mass is 511 g/mol. The van der Waals surface area contributed by atoms with E-state index in [9.17, 15) is 4.79 Å². The van der Waals surface area contributed by atoms with Crippen LogP contribution in [0.25, 0.3) is 6.08 Å². The molecule has 0 aromatic heterocycles. The lowest BCUT2D eigenvalue weighted by Gasteiger charge is -2.32. The smallest absolute Gasteiger partial charge is 0.312 e. The fourth-order valence-electron chi connectivity index (χ4n) is 5.03. The standard InChI is InChI=1S/C29H45NO2.2ClH/c1-7-23(19-22-11-9-8-10-12-22)25-20-26(25)30-24-15-13-21(14-16-24)17-18-29(5,6)27(31)32-28(2,3)4;;/h8-12,19,21,24-26,30H,7,13-18,20H2,1-6H3;2*1H/b23-19+;;/t21?,24?,25-,26+;;/m0../s1. The molecule has 194 valence electrons. The zero-order valence-electron chi connectivity index (χ0n) is 22.1. The largest absolute Gasteiger partial charge is 0.460 e. The molecule has 0 unspecified atom stereocenters. The molecule has 0 heterocycles. The minimum Gasteiger partial charge on any atom is -0.460 e. The Hall–Kier alpha value is -1.03. The predicted molar refractivity (Wildman–Crippen MR) is 149 cm³/mol. The van der Waals surface area contributed by atoms with Gasteiger partial charge in [-0.2, -0.15) is 0 Å². The normalized spacial score (nSPS) is 25.1. The molecule has 1 aromatic rings. The van der Waals surface area contributed by atoms with E-state index in [1.54, 1.807) is 5.57 Å². The molecule has 0 aliphatic heterocycles. The Balaban J connectivity index is 0.00000289. The van der Waals surface area contributed by atoms with Crippen LogP contribution in [0, 0.1) is 17.3 Å². The molecule has 3 rings (SSSR count). The lowest BCUT2D eigenvalue weighted by Crippen LogP contribution is -2.36. The molecule has 1 aromatic carbocycles. The number of rotatable bonds is 9. The van der Waals surface area contributed by atoms with Crippen LogP contribution in [0.3, 0.4) is 0 Å². The fourth-order valence-corrected chi connectivity index (χ4v) is 5.03. The summed E-state index contributed by atoms with van der Waals surface area (Å²) in [6, 6.07) is 12.0. The third-order valence-electron chi connectivity index (χ3n) is 7.25. The van der Waals surface area contributed by atoms with E-state index >= 15 is 0 Å². The summed E-state index contributed by atoms with van der Waals surface area (Å²) >= 11 is 0. The van der Waals surface area contributed by atoms with Crippen LogP contribution in [0.15, 0.2) is 35.9 Å². The van der Waals surface area contributed by atoms with Crippen molar-refractivity contribution < 1.29 is 9.53 Å². The minimum atomic E-state index is -0.410. The second-order valence-corrected chi connectivity index (χ2v) is 11.7. The molecule has 0 bridgehead atoms. The van der Waals surface area contributed by atoms with E-state index < -0.39 is 11.0 Å². The van der Waals surface area contributed by atoms with Crippen molar-refractivity contribution in [1.29, 1.82) is 0 Å². The molecule has 0 amide bonds. The van der Waals surface area contributed by atoms with Gasteiger partial charge in [0.2, 0.25) is 0 Å². The van der Waals surface area contributed by atoms with Crippen molar-refractivity contribution in [1.82, 2.24) is 5.32 Å². The van der Waals surface area contributed by atoms with Crippen molar-refractivity contribution in [3.63, 3.8) is 0 Å². The van der Waals surface area contributed by atoms with E-state index in [0.29, 0.717) is 18.0 Å². The van der Waals surface area contributed by atoms with Crippen LogP contribution in [0.2, 0.25) is 0 Å². The number of esters is 1. The van der Waals surface area contributed by atoms with Crippen LogP contribution in [-0.2, 0) is 9.53 Å². The number of nitrogens with one attached hydrogen (secondary N) is 1. The molecule has 34 heavy (non-hydrogen) atoms. The SMILES string of the molecule is CC/C(=C\c1ccccc1)[C@@H]1C[C@H]1NC1CCC(CCC(C)(C)C(=O)OC(C)(C)C)CC1.Cl.Cl. The van der Waals surface area contributed by atoms with Gasteiger partial charge in [0.05, 0.1) is 5.41 Å². The highest BCUT2D eigenvalue weighted by molar-refractivity contribution is 5.85. The third-order valence-corrected chi connectivity index (χ3v) is 7.25. The summed E-state index contributed by atoms with van der Waals surface area (Å²) in [7, 11) is 0. The van der Waals surface area contributed by atoms with Gasteiger partial charge in [0.1, 0.15) is 5.60 Å². The van der Waals surface area contributed by atoms with Crippen molar-refractivity contribution >= 4 is 36.9 Å². The van der Waals surface area contributed by atoms with Crippen LogP contribution >= 0.6 is 24.8 Å². The zero-order valence-corrected chi connectivity index (χ0v) is 23.7. The van der Waals surface area contributed by atoms with E-state index in [-0.39, 0.29) is 30.8 Å². The highest BCUT2D eigenvalue weighted by atomic mass is 35.5. The Morgan fingerprint density at radius 3 is 2.21 bits per heavy atom. The van der Waals surface area contributed by atoms with E-state index in [2.05, 4.69) is 48.6 Å². The molecular formula is C29H47Cl2NO2. The Morgan fingerprint density at radius 1 is 1.03 bits per heavy atom. The molecule has 1 N–H and O–H groups in total. The first-order chi connectivity index (χ1) is 15.1. The maximum atomic E-state index is 12.5. The van der Waals surface area contributed by atoms with Gasteiger partial charge < -0.3 is 10.1 Å². The van der Waals surface area contributed by atoms with Crippen LogP contribution in [0.1, 0.15) is 98.5 Å². The van der Waals surface area contributed by atoms with Crippen LogP contribution in [-0.4, -0.2) is 23.7 Å². The highest BCUT2D eigenvalue weighted by Crippen LogP contribution is 2.41. The third kappa shape index (κ3) is 9.55. The fraction of sp³-hybridized carbons (Fsp3) is 0.690. The summed E-state index contributed by atoms with van der Waals surface area (Å²) in [5.41, 5.74) is 2.11. The molecule has 5 heteroatoms. The number of hydrogen-bond donors (Lipinski definition) is 1. The van der Waals surface area contributed by atoms with Crippen molar-refractivity contribution in [3.05, 3.63) is 41.5 Å². The Bertz CT molecular complexity index is 777. The van der Waals surface area contributed by atoms with Crippen molar-refractivity contribution in [2.24, 2.45) is 17.3 Å². The maximum absolute atomic E-state index is 12.5. The number of benzene rings is 1. The van der Waals surface area contributed by atoms with Gasteiger partial charge in [-0.3, -0.25) is 4.79 Å². The number of carbonyl (C=O) groups excluding carboxylic acids is 1. The summed E-state index contributed by atoms with van der Waals surface area (Å²) in [6.45, 7) is 12.2. The molecule has 2 fully saturated rings. The van der Waals surface area contributed by atoms with E-state index in [0.717, 1.165) is 25.2 Å². The Kier molecular flexibility index (Phi) is 12.1. The van der Waals surface area contributed by atoms with Gasteiger partial charge in [0.25, 0.3) is 0 Å². The average molecular weight is 513 g/mol. The molecule has 2 aliphatic rings.